The molecule has 28 heavy (non-hydrogen) atoms. The van der Waals surface area contributed by atoms with E-state index in [9.17, 15) is 4.79 Å². The molecule has 1 N–H and O–H groups in total. The number of benzene rings is 1. The summed E-state index contributed by atoms with van der Waals surface area (Å²) in [7, 11) is 0. The van der Waals surface area contributed by atoms with Gasteiger partial charge in [0.15, 0.2) is 5.75 Å². The number of carbonyl (C=O) groups is 1. The van der Waals surface area contributed by atoms with Gasteiger partial charge >= 0.3 is 6.47 Å². The van der Waals surface area contributed by atoms with Crippen molar-refractivity contribution in [3.63, 3.8) is 0 Å². The van der Waals surface area contributed by atoms with Crippen LogP contribution in [0.4, 0.5) is 0 Å². The van der Waals surface area contributed by atoms with Crippen LogP contribution in [0, 0.1) is 5.41 Å². The highest BCUT2D eigenvalue weighted by molar-refractivity contribution is 5.45. The molecule has 0 heterocycles. The maximum absolute atomic E-state index is 10.5. The average Bonchev–Trinajstić information content (AvgIpc) is 2.60. The molecule has 0 aliphatic rings. The number of rotatable bonds is 14. The fourth-order valence-corrected chi connectivity index (χ4v) is 3.21. The molecule has 0 atom stereocenters. The molecule has 0 saturated heterocycles. The van der Waals surface area contributed by atoms with Crippen LogP contribution in [0.3, 0.4) is 0 Å². The monoisotopic (exact) mass is 398 g/mol. The predicted octanol–water partition coefficient (Wildman–Crippen LogP) is 3.27. The zero-order valence-corrected chi connectivity index (χ0v) is 17.7. The largest absolute Gasteiger partial charge is 0.487 e. The van der Waals surface area contributed by atoms with E-state index < -0.39 is 0 Å². The Morgan fingerprint density at radius 1 is 0.929 bits per heavy atom. The molecule has 0 saturated carbocycles. The lowest BCUT2D eigenvalue weighted by molar-refractivity contribution is -0.197. The van der Waals surface area contributed by atoms with Crippen molar-refractivity contribution in [2.75, 3.05) is 39.6 Å². The lowest BCUT2D eigenvalue weighted by Crippen LogP contribution is -2.24. The second kappa shape index (κ2) is 11.9. The van der Waals surface area contributed by atoms with Crippen molar-refractivity contribution < 1.29 is 33.9 Å². The van der Waals surface area contributed by atoms with Gasteiger partial charge in [0.2, 0.25) is 5.75 Å². The summed E-state index contributed by atoms with van der Waals surface area (Å²) in [6.07, 6.45) is 0.973. The van der Waals surface area contributed by atoms with E-state index in [0.717, 1.165) is 12.0 Å². The summed E-state index contributed by atoms with van der Waals surface area (Å²) >= 11 is 0. The van der Waals surface area contributed by atoms with E-state index >= 15 is 0 Å². The second-order valence-corrected chi connectivity index (χ2v) is 8.36. The van der Waals surface area contributed by atoms with E-state index in [2.05, 4.69) is 39.5 Å². The summed E-state index contributed by atoms with van der Waals surface area (Å²) < 4.78 is 16.2. The Labute approximate surface area is 167 Å². The van der Waals surface area contributed by atoms with Crippen LogP contribution in [0.15, 0.2) is 18.2 Å². The van der Waals surface area contributed by atoms with Gasteiger partial charge in [-0.2, -0.15) is 0 Å². The zero-order valence-electron chi connectivity index (χ0n) is 17.7. The van der Waals surface area contributed by atoms with Gasteiger partial charge in [0.25, 0.3) is 0 Å². The van der Waals surface area contributed by atoms with Gasteiger partial charge in [0.05, 0.1) is 33.0 Å². The topological polar surface area (TPSA) is 83.5 Å². The third-order valence-electron chi connectivity index (χ3n) is 3.97. The normalized spacial score (nSPS) is 11.9. The summed E-state index contributed by atoms with van der Waals surface area (Å²) in [4.78, 5) is 20.1. The van der Waals surface area contributed by atoms with Crippen LogP contribution >= 0.6 is 0 Å². The van der Waals surface area contributed by atoms with E-state index in [4.69, 9.17) is 24.2 Å². The van der Waals surface area contributed by atoms with Crippen molar-refractivity contribution >= 4 is 6.47 Å². The SMILES string of the molecule is CC(C)(C)CC(C)(C)c1ccc(OCCOCCOCCO)c(OOC=O)c1. The molecule has 0 radical (unpaired) electrons. The van der Waals surface area contributed by atoms with Crippen LogP contribution in [-0.2, 0) is 24.6 Å². The molecule has 0 aromatic heterocycles. The molecule has 7 heteroatoms. The predicted molar refractivity (Wildman–Crippen MR) is 106 cm³/mol. The molecule has 0 amide bonds. The molecule has 1 aromatic carbocycles. The number of aliphatic hydroxyl groups is 1. The number of ether oxygens (including phenoxy) is 3. The molecule has 0 bridgehead atoms. The van der Waals surface area contributed by atoms with E-state index in [-0.39, 0.29) is 23.9 Å². The Morgan fingerprint density at radius 3 is 2.18 bits per heavy atom. The van der Waals surface area contributed by atoms with Gasteiger partial charge in [0, 0.05) is 0 Å². The van der Waals surface area contributed by atoms with Crippen molar-refractivity contribution in [2.24, 2.45) is 5.41 Å². The van der Waals surface area contributed by atoms with Crippen LogP contribution in [0.1, 0.15) is 46.6 Å². The summed E-state index contributed by atoms with van der Waals surface area (Å²) in [6.45, 7) is 13.0. The first kappa shape index (κ1) is 24.2. The van der Waals surface area contributed by atoms with Gasteiger partial charge < -0.3 is 19.3 Å². The highest BCUT2D eigenvalue weighted by Gasteiger charge is 2.28. The summed E-state index contributed by atoms with van der Waals surface area (Å²) in [5, 5.41) is 8.62. The Bertz CT molecular complexity index is 579. The lowest BCUT2D eigenvalue weighted by Gasteiger charge is -2.33. The smallest absolute Gasteiger partial charge is 0.343 e. The molecular weight excluding hydrogens is 364 g/mol. The van der Waals surface area contributed by atoms with Crippen LogP contribution in [0.5, 0.6) is 11.5 Å². The van der Waals surface area contributed by atoms with Crippen molar-refractivity contribution in [1.82, 2.24) is 0 Å². The number of carbonyl (C=O) groups excluding carboxylic acids is 1. The maximum Gasteiger partial charge on any atom is 0.343 e. The van der Waals surface area contributed by atoms with Crippen molar-refractivity contribution in [2.45, 2.75) is 46.5 Å². The standard InChI is InChI=1S/C21H34O7/c1-20(2,3)15-21(4,5)17-6-7-18(19(14-17)28-27-16-23)26-13-12-25-11-10-24-9-8-22/h6-7,14,16,22H,8-13,15H2,1-5H3. The molecular formula is C21H34O7. The Balaban J connectivity index is 2.69. The second-order valence-electron chi connectivity index (χ2n) is 8.36. The minimum Gasteiger partial charge on any atom is -0.487 e. The van der Waals surface area contributed by atoms with E-state index in [1.165, 1.54) is 0 Å². The van der Waals surface area contributed by atoms with Crippen LogP contribution in [0.25, 0.3) is 0 Å². The van der Waals surface area contributed by atoms with E-state index in [0.29, 0.717) is 44.5 Å². The Kier molecular flexibility index (Phi) is 10.3. The number of hydrogen-bond donors (Lipinski definition) is 1. The van der Waals surface area contributed by atoms with Gasteiger partial charge in [0.1, 0.15) is 6.61 Å². The third-order valence-corrected chi connectivity index (χ3v) is 3.97. The molecule has 0 unspecified atom stereocenters. The minimum atomic E-state index is -0.0895. The van der Waals surface area contributed by atoms with Gasteiger partial charge in [-0.05, 0) is 34.9 Å². The summed E-state index contributed by atoms with van der Waals surface area (Å²) in [6, 6.07) is 5.65. The molecule has 160 valence electrons. The van der Waals surface area contributed by atoms with Gasteiger partial charge in [-0.3, -0.25) is 14.6 Å². The molecule has 0 aliphatic carbocycles. The lowest BCUT2D eigenvalue weighted by atomic mass is 9.72. The highest BCUT2D eigenvalue weighted by Crippen LogP contribution is 2.39. The van der Waals surface area contributed by atoms with Gasteiger partial charge in [-0.25, -0.2) is 0 Å². The first-order chi connectivity index (χ1) is 13.2. The van der Waals surface area contributed by atoms with Crippen molar-refractivity contribution in [3.8, 4) is 11.5 Å². The molecule has 1 aromatic rings. The molecule has 7 nitrogen and oxygen atoms in total. The molecule has 1 rings (SSSR count). The number of hydrogen-bond acceptors (Lipinski definition) is 7. The van der Waals surface area contributed by atoms with Gasteiger partial charge in [-0.1, -0.05) is 40.7 Å². The van der Waals surface area contributed by atoms with Crippen LogP contribution in [-0.4, -0.2) is 51.2 Å². The zero-order chi connectivity index (χ0) is 21.0. The first-order valence-electron chi connectivity index (χ1n) is 9.50. The summed E-state index contributed by atoms with van der Waals surface area (Å²) in [5.41, 5.74) is 1.14. The minimum absolute atomic E-state index is 0.00268. The highest BCUT2D eigenvalue weighted by atomic mass is 17.2. The third kappa shape index (κ3) is 9.39. The van der Waals surface area contributed by atoms with Crippen LogP contribution in [0.2, 0.25) is 0 Å². The van der Waals surface area contributed by atoms with E-state index in [1.807, 2.05) is 18.2 Å². The van der Waals surface area contributed by atoms with Crippen LogP contribution < -0.4 is 9.62 Å². The average molecular weight is 398 g/mol. The Morgan fingerprint density at radius 2 is 1.57 bits per heavy atom. The maximum atomic E-state index is 10.5. The quantitative estimate of drug-likeness (QED) is 0.223. The van der Waals surface area contributed by atoms with Crippen molar-refractivity contribution in [3.05, 3.63) is 23.8 Å². The van der Waals surface area contributed by atoms with Crippen molar-refractivity contribution in [1.29, 1.82) is 0 Å². The fraction of sp³-hybridized carbons (Fsp3) is 0.667. The molecule has 0 aliphatic heterocycles. The number of aliphatic hydroxyl groups excluding tert-OH is 1. The summed E-state index contributed by atoms with van der Waals surface area (Å²) in [5.74, 6) is 0.815. The first-order valence-corrected chi connectivity index (χ1v) is 9.50. The Hall–Kier alpha value is -1.83. The molecule has 0 spiro atoms. The van der Waals surface area contributed by atoms with Gasteiger partial charge in [-0.15, -0.1) is 0 Å². The molecule has 0 fully saturated rings. The van der Waals surface area contributed by atoms with E-state index in [1.54, 1.807) is 0 Å². The fourth-order valence-electron chi connectivity index (χ4n) is 3.21.